The number of aromatic nitrogens is 2. The van der Waals surface area contributed by atoms with Gasteiger partial charge in [0.05, 0.1) is 22.5 Å². The Morgan fingerprint density at radius 3 is 2.70 bits per heavy atom. The number of rotatable bonds is 4. The second-order valence-corrected chi connectivity index (χ2v) is 5.33. The largest absolute Gasteiger partial charge is 0.300 e. The fourth-order valence-electron chi connectivity index (χ4n) is 2.34. The number of piperidine rings is 1. The third-order valence-electron chi connectivity index (χ3n) is 3.67. The van der Waals surface area contributed by atoms with Crippen molar-refractivity contribution in [3.8, 4) is 0 Å². The van der Waals surface area contributed by atoms with E-state index in [1.807, 2.05) is 14.0 Å². The number of hydrogen-bond acceptors (Lipinski definition) is 4. The Kier molecular flexibility index (Phi) is 4.45. The molecule has 20 heavy (non-hydrogen) atoms. The molecule has 0 radical (unpaired) electrons. The van der Waals surface area contributed by atoms with Crippen LogP contribution in [0.5, 0.6) is 0 Å². The highest BCUT2D eigenvalue weighted by atomic mass is 35.5. The molecule has 2 amide bonds. The second kappa shape index (κ2) is 5.93. The van der Waals surface area contributed by atoms with Gasteiger partial charge in [-0.2, -0.15) is 5.10 Å². The third-order valence-corrected chi connectivity index (χ3v) is 4.10. The Labute approximate surface area is 123 Å². The quantitative estimate of drug-likeness (QED) is 0.838. The zero-order valence-corrected chi connectivity index (χ0v) is 12.7. The van der Waals surface area contributed by atoms with E-state index in [9.17, 15) is 9.59 Å². The summed E-state index contributed by atoms with van der Waals surface area (Å²) in [5.74, 6) is -0.310. The van der Waals surface area contributed by atoms with E-state index in [0.29, 0.717) is 24.4 Å². The van der Waals surface area contributed by atoms with Crippen LogP contribution in [-0.2, 0) is 29.6 Å². The topological polar surface area (TPSA) is 67.2 Å². The summed E-state index contributed by atoms with van der Waals surface area (Å²) in [6, 6.07) is -0.339. The van der Waals surface area contributed by atoms with Crippen molar-refractivity contribution in [1.82, 2.24) is 20.0 Å². The predicted molar refractivity (Wildman–Crippen MR) is 75.2 cm³/mol. The van der Waals surface area contributed by atoms with Crippen molar-refractivity contribution in [2.24, 2.45) is 7.05 Å². The van der Waals surface area contributed by atoms with E-state index >= 15 is 0 Å². The smallest absolute Gasteiger partial charge is 0.246 e. The van der Waals surface area contributed by atoms with Crippen LogP contribution in [0.2, 0.25) is 5.02 Å². The van der Waals surface area contributed by atoms with Gasteiger partial charge in [-0.3, -0.25) is 19.2 Å². The van der Waals surface area contributed by atoms with E-state index in [4.69, 9.17) is 11.6 Å². The number of carbonyl (C=O) groups is 2. The van der Waals surface area contributed by atoms with Crippen LogP contribution in [-0.4, -0.2) is 39.6 Å². The van der Waals surface area contributed by atoms with Crippen LogP contribution in [0.25, 0.3) is 0 Å². The Balaban J connectivity index is 2.04. The molecule has 0 aliphatic carbocycles. The summed E-state index contributed by atoms with van der Waals surface area (Å²) in [6.07, 6.45) is 1.68. The number of amides is 2. The number of carbonyl (C=O) groups excluding carboxylic acids is 2. The molecule has 6 nitrogen and oxygen atoms in total. The summed E-state index contributed by atoms with van der Waals surface area (Å²) in [4.78, 5) is 24.6. The van der Waals surface area contributed by atoms with Crippen molar-refractivity contribution in [2.75, 3.05) is 7.05 Å². The summed E-state index contributed by atoms with van der Waals surface area (Å²) in [5.41, 5.74) is 1.71. The van der Waals surface area contributed by atoms with Crippen LogP contribution < -0.4 is 5.32 Å². The SMILES string of the molecule is CCc1nn(C)c(CNC2CCC(=O)N(C)C2=O)c1Cl. The normalized spacial score (nSPS) is 19.8. The molecule has 0 aromatic carbocycles. The van der Waals surface area contributed by atoms with Crippen LogP contribution in [0, 0.1) is 0 Å². The van der Waals surface area contributed by atoms with Gasteiger partial charge in [0.15, 0.2) is 0 Å². The van der Waals surface area contributed by atoms with Crippen LogP contribution in [0.1, 0.15) is 31.2 Å². The minimum absolute atomic E-state index is 0.125. The van der Waals surface area contributed by atoms with Gasteiger partial charge >= 0.3 is 0 Å². The van der Waals surface area contributed by atoms with Crippen molar-refractivity contribution < 1.29 is 9.59 Å². The fraction of sp³-hybridized carbons (Fsp3) is 0.615. The first kappa shape index (κ1) is 15.0. The molecule has 1 aromatic heterocycles. The lowest BCUT2D eigenvalue weighted by molar-refractivity contribution is -0.148. The molecular formula is C13H19ClN4O2. The van der Waals surface area contributed by atoms with Crippen LogP contribution >= 0.6 is 11.6 Å². The molecule has 0 saturated carbocycles. The Morgan fingerprint density at radius 1 is 1.40 bits per heavy atom. The lowest BCUT2D eigenvalue weighted by Crippen LogP contribution is -2.51. The van der Waals surface area contributed by atoms with E-state index in [1.165, 1.54) is 11.9 Å². The van der Waals surface area contributed by atoms with Crippen LogP contribution in [0.4, 0.5) is 0 Å². The van der Waals surface area contributed by atoms with E-state index in [0.717, 1.165) is 17.8 Å². The number of likely N-dealkylation sites (tertiary alicyclic amines) is 1. The highest BCUT2D eigenvalue weighted by molar-refractivity contribution is 6.31. The first-order valence-electron chi connectivity index (χ1n) is 6.69. The maximum atomic E-state index is 12.0. The maximum Gasteiger partial charge on any atom is 0.246 e. The molecule has 1 aliphatic heterocycles. The molecule has 0 spiro atoms. The van der Waals surface area contributed by atoms with Crippen molar-refractivity contribution in [3.05, 3.63) is 16.4 Å². The highest BCUT2D eigenvalue weighted by Crippen LogP contribution is 2.21. The number of imide groups is 1. The van der Waals surface area contributed by atoms with Gasteiger partial charge in [0.2, 0.25) is 11.8 Å². The van der Waals surface area contributed by atoms with Gasteiger partial charge in [-0.15, -0.1) is 0 Å². The van der Waals surface area contributed by atoms with Gasteiger partial charge in [-0.1, -0.05) is 18.5 Å². The Morgan fingerprint density at radius 2 is 2.10 bits per heavy atom. The van der Waals surface area contributed by atoms with E-state index in [2.05, 4.69) is 10.4 Å². The van der Waals surface area contributed by atoms with Crippen LogP contribution in [0.3, 0.4) is 0 Å². The fourth-order valence-corrected chi connectivity index (χ4v) is 2.70. The molecule has 0 bridgehead atoms. The van der Waals surface area contributed by atoms with Crippen molar-refractivity contribution in [2.45, 2.75) is 38.8 Å². The molecule has 2 rings (SSSR count). The molecule has 1 aromatic rings. The number of nitrogens with zero attached hydrogens (tertiary/aromatic N) is 3. The zero-order chi connectivity index (χ0) is 14.9. The molecule has 1 fully saturated rings. The van der Waals surface area contributed by atoms with Gasteiger partial charge in [0.25, 0.3) is 0 Å². The van der Waals surface area contributed by atoms with Crippen molar-refractivity contribution in [1.29, 1.82) is 0 Å². The first-order valence-corrected chi connectivity index (χ1v) is 7.07. The summed E-state index contributed by atoms with van der Waals surface area (Å²) < 4.78 is 1.73. The summed E-state index contributed by atoms with van der Waals surface area (Å²) in [7, 11) is 3.35. The first-order chi connectivity index (χ1) is 9.45. The summed E-state index contributed by atoms with van der Waals surface area (Å²) in [6.45, 7) is 2.46. The average Bonchev–Trinajstić information content (AvgIpc) is 2.70. The lowest BCUT2D eigenvalue weighted by Gasteiger charge is -2.28. The molecular weight excluding hydrogens is 280 g/mol. The Bertz CT molecular complexity index is 541. The van der Waals surface area contributed by atoms with Gasteiger partial charge in [-0.05, 0) is 12.8 Å². The van der Waals surface area contributed by atoms with Gasteiger partial charge < -0.3 is 5.32 Å². The van der Waals surface area contributed by atoms with E-state index in [1.54, 1.807) is 4.68 Å². The zero-order valence-electron chi connectivity index (χ0n) is 11.9. The molecule has 1 aliphatic rings. The van der Waals surface area contributed by atoms with E-state index < -0.39 is 0 Å². The molecule has 110 valence electrons. The Hall–Kier alpha value is -1.40. The number of nitrogens with one attached hydrogen (secondary N) is 1. The molecule has 1 atom stereocenters. The molecule has 1 unspecified atom stereocenters. The third kappa shape index (κ3) is 2.71. The molecule has 2 heterocycles. The van der Waals surface area contributed by atoms with Crippen molar-refractivity contribution >= 4 is 23.4 Å². The maximum absolute atomic E-state index is 12.0. The minimum Gasteiger partial charge on any atom is -0.300 e. The van der Waals surface area contributed by atoms with Gasteiger partial charge in [0, 0.05) is 27.1 Å². The monoisotopic (exact) mass is 298 g/mol. The lowest BCUT2D eigenvalue weighted by atomic mass is 10.0. The summed E-state index contributed by atoms with van der Waals surface area (Å²) in [5, 5.41) is 8.15. The van der Waals surface area contributed by atoms with Gasteiger partial charge in [0.1, 0.15) is 0 Å². The molecule has 7 heteroatoms. The highest BCUT2D eigenvalue weighted by Gasteiger charge is 2.31. The molecule has 1 N–H and O–H groups in total. The number of likely N-dealkylation sites (N-methyl/N-ethyl adjacent to an activating group) is 1. The van der Waals surface area contributed by atoms with E-state index in [-0.39, 0.29) is 17.9 Å². The summed E-state index contributed by atoms with van der Waals surface area (Å²) >= 11 is 6.26. The average molecular weight is 299 g/mol. The van der Waals surface area contributed by atoms with Gasteiger partial charge in [-0.25, -0.2) is 0 Å². The standard InChI is InChI=1S/C13H19ClN4O2/c1-4-8-12(14)10(18(3)16-8)7-15-9-5-6-11(19)17(2)13(9)20/h9,15H,4-7H2,1-3H3. The number of aryl methyl sites for hydroxylation is 2. The van der Waals surface area contributed by atoms with Crippen LogP contribution in [0.15, 0.2) is 0 Å². The predicted octanol–water partition coefficient (Wildman–Crippen LogP) is 0.873. The molecule has 1 saturated heterocycles. The number of hydrogen-bond donors (Lipinski definition) is 1. The number of halogens is 1. The van der Waals surface area contributed by atoms with Crippen molar-refractivity contribution in [3.63, 3.8) is 0 Å². The minimum atomic E-state index is -0.339. The second-order valence-electron chi connectivity index (χ2n) is 4.95.